The van der Waals surface area contributed by atoms with Crippen LogP contribution in [0.25, 0.3) is 11.3 Å². The number of hydrogen-bond donors (Lipinski definition) is 1. The molecule has 2 nitrogen and oxygen atoms in total. The van der Waals surface area contributed by atoms with Gasteiger partial charge in [-0.1, -0.05) is 62.3 Å². The van der Waals surface area contributed by atoms with Gasteiger partial charge in [0.05, 0.1) is 0 Å². The molecule has 3 heterocycles. The average Bonchev–Trinajstić information content (AvgIpc) is 3.28. The van der Waals surface area contributed by atoms with E-state index in [2.05, 4.69) is 73.1 Å². The van der Waals surface area contributed by atoms with E-state index in [-0.39, 0.29) is 0 Å². The molecule has 0 saturated carbocycles. The van der Waals surface area contributed by atoms with Crippen LogP contribution in [0.4, 0.5) is 0 Å². The Morgan fingerprint density at radius 3 is 2.68 bits per heavy atom. The molecule has 0 fully saturated rings. The fraction of sp³-hybridized carbons (Fsp3) is 0.360. The minimum atomic E-state index is 0.522. The van der Waals surface area contributed by atoms with E-state index in [0.29, 0.717) is 12.7 Å². The predicted octanol–water partition coefficient (Wildman–Crippen LogP) is 4.92. The molecule has 1 atom stereocenters. The number of benzene rings is 2. The van der Waals surface area contributed by atoms with E-state index in [4.69, 9.17) is 0 Å². The molecule has 0 aliphatic carbocycles. The van der Waals surface area contributed by atoms with Crippen molar-refractivity contribution in [2.75, 3.05) is 7.05 Å². The lowest BCUT2D eigenvalue weighted by Gasteiger charge is -2.28. The van der Waals surface area contributed by atoms with Gasteiger partial charge in [-0.2, -0.15) is 0 Å². The fourth-order valence-corrected chi connectivity index (χ4v) is 4.94. The number of nitrogens with zero attached hydrogens (tertiary/aromatic N) is 1. The predicted molar refractivity (Wildman–Crippen MR) is 122 cm³/mol. The Kier molecular flexibility index (Phi) is 5.20. The van der Waals surface area contributed by atoms with Crippen LogP contribution in [0.2, 0.25) is 0 Å². The van der Waals surface area contributed by atoms with Gasteiger partial charge in [-0.25, -0.2) is 0 Å². The Labute approximate surface area is 170 Å². The molecule has 28 heavy (non-hydrogen) atoms. The minimum absolute atomic E-state index is 0.522. The minimum Gasteiger partial charge on any atom is -0.389 e. The molecular weight excluding hydrogens is 339 g/mol. The first-order chi connectivity index (χ1) is 13.6. The second-order valence-corrected chi connectivity index (χ2v) is 8.28. The molecule has 0 bridgehead atoms. The Balaban J connectivity index is 0.000000932. The third-order valence-electron chi connectivity index (χ3n) is 6.25. The van der Waals surface area contributed by atoms with Crippen molar-refractivity contribution in [2.45, 2.75) is 52.5 Å². The maximum Gasteiger partial charge on any atom is 0.199 e. The van der Waals surface area contributed by atoms with Gasteiger partial charge in [0.1, 0.15) is 0 Å². The molecular formula is C25H31BN2. The highest BCUT2D eigenvalue weighted by molar-refractivity contribution is 6.68. The molecule has 144 valence electrons. The van der Waals surface area contributed by atoms with Crippen molar-refractivity contribution in [2.24, 2.45) is 0 Å². The third kappa shape index (κ3) is 3.33. The van der Waals surface area contributed by atoms with E-state index in [1.54, 1.807) is 0 Å². The van der Waals surface area contributed by atoms with Crippen molar-refractivity contribution >= 4 is 18.0 Å². The van der Waals surface area contributed by atoms with Gasteiger partial charge in [0.25, 0.3) is 0 Å². The number of rotatable bonds is 2. The number of fused-ring (bicyclic) bond motifs is 3. The molecule has 0 saturated heterocycles. The Bertz CT molecular complexity index is 944. The standard InChI is InChI=1S/C23H25BN2.C2H6/c1-15(2)20-6-4-5-16-10-23-24(11-21(16)20)12-22(25-23)17-7-8-18-13-26(3)14-19(18)9-17;1-2/h4-9,12,23,25H,1,10-11,13-14H2,2-3H3;1-2H3. The molecule has 0 spiro atoms. The summed E-state index contributed by atoms with van der Waals surface area (Å²) in [5.41, 5.74) is 11.2. The van der Waals surface area contributed by atoms with Gasteiger partial charge in [0.15, 0.2) is 6.71 Å². The quantitative estimate of drug-likeness (QED) is 0.756. The highest BCUT2D eigenvalue weighted by Crippen LogP contribution is 2.33. The first-order valence-corrected chi connectivity index (χ1v) is 10.6. The summed E-state index contributed by atoms with van der Waals surface area (Å²) in [6.45, 7) is 13.0. The zero-order valence-electron chi connectivity index (χ0n) is 17.7. The van der Waals surface area contributed by atoms with E-state index in [0.717, 1.165) is 25.8 Å². The zero-order valence-corrected chi connectivity index (χ0v) is 17.7. The number of hydrogen-bond acceptors (Lipinski definition) is 2. The van der Waals surface area contributed by atoms with E-state index < -0.39 is 0 Å². The molecule has 0 radical (unpaired) electrons. The summed E-state index contributed by atoms with van der Waals surface area (Å²) >= 11 is 0. The summed E-state index contributed by atoms with van der Waals surface area (Å²) < 4.78 is 0. The van der Waals surface area contributed by atoms with Crippen LogP contribution in [0.5, 0.6) is 0 Å². The maximum absolute atomic E-state index is 4.19. The molecule has 5 rings (SSSR count). The van der Waals surface area contributed by atoms with Crippen molar-refractivity contribution in [3.05, 3.63) is 82.3 Å². The van der Waals surface area contributed by atoms with Crippen molar-refractivity contribution in [3.63, 3.8) is 0 Å². The van der Waals surface area contributed by atoms with Crippen molar-refractivity contribution in [1.82, 2.24) is 10.2 Å². The topological polar surface area (TPSA) is 15.3 Å². The molecule has 3 heteroatoms. The summed E-state index contributed by atoms with van der Waals surface area (Å²) in [4.78, 5) is 2.38. The molecule has 0 amide bonds. The van der Waals surface area contributed by atoms with Gasteiger partial charge in [0, 0.05) is 24.7 Å². The van der Waals surface area contributed by atoms with Crippen LogP contribution >= 0.6 is 0 Å². The molecule has 2 aromatic carbocycles. The maximum atomic E-state index is 4.19. The first kappa shape index (κ1) is 19.1. The van der Waals surface area contributed by atoms with E-state index in [1.165, 1.54) is 44.7 Å². The summed E-state index contributed by atoms with van der Waals surface area (Å²) in [7, 11) is 2.19. The number of allylic oxidation sites excluding steroid dienone is 1. The molecule has 2 aromatic rings. The Morgan fingerprint density at radius 2 is 1.89 bits per heavy atom. The normalized spacial score (nSPS) is 19.6. The second-order valence-electron chi connectivity index (χ2n) is 8.28. The van der Waals surface area contributed by atoms with Crippen LogP contribution in [-0.2, 0) is 25.8 Å². The molecule has 1 N–H and O–H groups in total. The van der Waals surface area contributed by atoms with Crippen LogP contribution in [-0.4, -0.2) is 24.6 Å². The van der Waals surface area contributed by atoms with Gasteiger partial charge in [-0.05, 0) is 66.2 Å². The third-order valence-corrected chi connectivity index (χ3v) is 6.25. The highest BCUT2D eigenvalue weighted by Gasteiger charge is 2.36. The van der Waals surface area contributed by atoms with Crippen LogP contribution < -0.4 is 5.32 Å². The van der Waals surface area contributed by atoms with Crippen LogP contribution in [0.1, 0.15) is 54.2 Å². The zero-order chi connectivity index (χ0) is 19.8. The van der Waals surface area contributed by atoms with Crippen LogP contribution in [0.15, 0.2) is 49.0 Å². The summed E-state index contributed by atoms with van der Waals surface area (Å²) in [6, 6.07) is 13.7. The monoisotopic (exact) mass is 370 g/mol. The van der Waals surface area contributed by atoms with Crippen molar-refractivity contribution in [1.29, 1.82) is 0 Å². The lowest BCUT2D eigenvalue weighted by molar-refractivity contribution is 0.353. The van der Waals surface area contributed by atoms with Crippen LogP contribution in [0.3, 0.4) is 0 Å². The molecule has 3 aliphatic heterocycles. The Morgan fingerprint density at radius 1 is 1.11 bits per heavy atom. The van der Waals surface area contributed by atoms with E-state index >= 15 is 0 Å². The van der Waals surface area contributed by atoms with Gasteiger partial charge in [-0.15, -0.1) is 0 Å². The lowest BCUT2D eigenvalue weighted by atomic mass is 9.39. The van der Waals surface area contributed by atoms with Gasteiger partial charge in [-0.3, -0.25) is 4.90 Å². The van der Waals surface area contributed by atoms with E-state index in [9.17, 15) is 0 Å². The molecule has 3 aliphatic rings. The van der Waals surface area contributed by atoms with Gasteiger partial charge in [0.2, 0.25) is 0 Å². The average molecular weight is 370 g/mol. The largest absolute Gasteiger partial charge is 0.389 e. The summed E-state index contributed by atoms with van der Waals surface area (Å²) in [5, 5.41) is 3.83. The summed E-state index contributed by atoms with van der Waals surface area (Å²) in [5.74, 6) is 3.00. The molecule has 0 aromatic heterocycles. The van der Waals surface area contributed by atoms with E-state index in [1.807, 2.05) is 13.8 Å². The smallest absolute Gasteiger partial charge is 0.199 e. The van der Waals surface area contributed by atoms with Crippen molar-refractivity contribution in [3.8, 4) is 0 Å². The van der Waals surface area contributed by atoms with Crippen molar-refractivity contribution < 1.29 is 0 Å². The summed E-state index contributed by atoms with van der Waals surface area (Å²) in [6.07, 6.45) is 2.22. The molecule has 1 unspecified atom stereocenters. The first-order valence-electron chi connectivity index (χ1n) is 10.6. The SMILES string of the molecule is C=C(C)c1cccc2c1CB1C=C(c3ccc4c(c3)CN(C)C4)NC1C2.CC. The van der Waals surface area contributed by atoms with Gasteiger partial charge >= 0.3 is 0 Å². The fourth-order valence-electron chi connectivity index (χ4n) is 4.94. The van der Waals surface area contributed by atoms with Crippen LogP contribution in [0, 0.1) is 0 Å². The highest BCUT2D eigenvalue weighted by atomic mass is 15.1. The van der Waals surface area contributed by atoms with Gasteiger partial charge < -0.3 is 5.32 Å². The second kappa shape index (κ2) is 7.64. The Hall–Kier alpha value is -2.26. The lowest BCUT2D eigenvalue weighted by Crippen LogP contribution is -2.42. The number of nitrogens with one attached hydrogen (secondary N) is 1.